The lowest BCUT2D eigenvalue weighted by Crippen LogP contribution is -2.03. The van der Waals surface area contributed by atoms with Crippen LogP contribution in [0.4, 0.5) is 0 Å². The van der Waals surface area contributed by atoms with E-state index in [4.69, 9.17) is 24.9 Å². The summed E-state index contributed by atoms with van der Waals surface area (Å²) in [7, 11) is 0. The summed E-state index contributed by atoms with van der Waals surface area (Å²) in [6, 6.07) is 58.2. The number of fused-ring (bicyclic) bond motifs is 2. The predicted molar refractivity (Wildman–Crippen MR) is 273 cm³/mol. The van der Waals surface area contributed by atoms with Crippen molar-refractivity contribution in [3.63, 3.8) is 0 Å². The fraction of sp³-hybridized carbons (Fsp3) is 0.203. The molecule has 0 spiro atoms. The average Bonchev–Trinajstić information content (AvgIpc) is 3.94. The second kappa shape index (κ2) is 17.5. The van der Waals surface area contributed by atoms with Crippen LogP contribution in [0.1, 0.15) is 101 Å². The van der Waals surface area contributed by atoms with Crippen molar-refractivity contribution in [2.45, 2.75) is 79.1 Å². The summed E-state index contributed by atoms with van der Waals surface area (Å²) in [6.45, 7) is 17.8. The lowest BCUT2D eigenvalue weighted by Gasteiger charge is -2.16. The number of benzene rings is 7. The van der Waals surface area contributed by atoms with Gasteiger partial charge in [-0.25, -0.2) is 24.9 Å². The van der Waals surface area contributed by atoms with Gasteiger partial charge in [-0.15, -0.1) is 0 Å². The predicted octanol–water partition coefficient (Wildman–Crippen LogP) is 15.4. The van der Waals surface area contributed by atoms with Crippen molar-refractivity contribution in [1.29, 1.82) is 0 Å². The van der Waals surface area contributed by atoms with Gasteiger partial charge in [0.25, 0.3) is 0 Å². The first-order chi connectivity index (χ1) is 32.0. The molecule has 0 aliphatic carbocycles. The summed E-state index contributed by atoms with van der Waals surface area (Å²) in [6.07, 6.45) is 0. The van der Waals surface area contributed by atoms with E-state index in [2.05, 4.69) is 228 Å². The fourth-order valence-corrected chi connectivity index (χ4v) is 8.79. The number of nitrogens with zero attached hydrogens (tertiary/aromatic N) is 7. The van der Waals surface area contributed by atoms with Crippen LogP contribution < -0.4 is 0 Å². The van der Waals surface area contributed by atoms with E-state index in [1.165, 1.54) is 22.3 Å². The van der Waals surface area contributed by atoms with Gasteiger partial charge in [0.05, 0.1) is 22.1 Å². The van der Waals surface area contributed by atoms with E-state index in [0.29, 0.717) is 41.1 Å². The maximum absolute atomic E-state index is 5.39. The van der Waals surface area contributed by atoms with Gasteiger partial charge in [0, 0.05) is 39.2 Å². The summed E-state index contributed by atoms with van der Waals surface area (Å²) in [5, 5.41) is 0. The maximum Gasteiger partial charge on any atom is 0.164 e. The molecule has 0 fully saturated rings. The van der Waals surface area contributed by atoms with Crippen LogP contribution in [-0.2, 0) is 0 Å². The summed E-state index contributed by atoms with van der Waals surface area (Å²) >= 11 is 0. The molecule has 7 aromatic carbocycles. The Morgan fingerprint density at radius 3 is 0.955 bits per heavy atom. The van der Waals surface area contributed by atoms with Crippen LogP contribution in [0.3, 0.4) is 0 Å². The van der Waals surface area contributed by atoms with Crippen LogP contribution in [-0.4, -0.2) is 34.1 Å². The third-order valence-electron chi connectivity index (χ3n) is 12.8. The zero-order valence-corrected chi connectivity index (χ0v) is 39.0. The smallest absolute Gasteiger partial charge is 0.164 e. The highest BCUT2D eigenvalue weighted by Crippen LogP contribution is 2.38. The van der Waals surface area contributed by atoms with E-state index in [-0.39, 0.29) is 0 Å². The molecule has 66 heavy (non-hydrogen) atoms. The van der Waals surface area contributed by atoms with Gasteiger partial charge in [0.1, 0.15) is 11.6 Å². The first-order valence-electron chi connectivity index (χ1n) is 23.3. The van der Waals surface area contributed by atoms with Crippen molar-refractivity contribution in [1.82, 2.24) is 34.1 Å². The van der Waals surface area contributed by atoms with Crippen LogP contribution in [0.5, 0.6) is 0 Å². The Labute approximate surface area is 388 Å². The minimum absolute atomic E-state index is 0.402. The van der Waals surface area contributed by atoms with Gasteiger partial charge in [-0.3, -0.25) is 9.13 Å². The number of hydrogen-bond acceptors (Lipinski definition) is 5. The third-order valence-corrected chi connectivity index (χ3v) is 12.8. The number of hydrogen-bond donors (Lipinski definition) is 0. The van der Waals surface area contributed by atoms with Crippen molar-refractivity contribution in [3.8, 4) is 68.3 Å². The maximum atomic E-state index is 5.39. The molecule has 0 N–H and O–H groups in total. The molecule has 0 bridgehead atoms. The second-order valence-electron chi connectivity index (χ2n) is 18.7. The van der Waals surface area contributed by atoms with Crippen LogP contribution in [0, 0.1) is 0 Å². The molecule has 7 nitrogen and oxygen atoms in total. The molecule has 10 rings (SSSR count). The minimum atomic E-state index is 0.402. The molecule has 7 heteroatoms. The topological polar surface area (TPSA) is 74.3 Å². The van der Waals surface area contributed by atoms with E-state index >= 15 is 0 Å². The van der Waals surface area contributed by atoms with E-state index in [9.17, 15) is 0 Å². The average molecular weight is 862 g/mol. The van der Waals surface area contributed by atoms with Gasteiger partial charge < -0.3 is 0 Å². The molecular formula is C59H55N7. The molecule has 10 aromatic rings. The van der Waals surface area contributed by atoms with E-state index in [1.807, 2.05) is 0 Å². The van der Waals surface area contributed by atoms with Gasteiger partial charge in [-0.1, -0.05) is 152 Å². The molecule has 0 amide bonds. The quantitative estimate of drug-likeness (QED) is 0.129. The summed E-state index contributed by atoms with van der Waals surface area (Å²) < 4.78 is 4.54. The molecule has 0 aliphatic rings. The standard InChI is InChI=1S/C59H55N7/c1-36(2)40-17-21-44(22-18-40)55-62-56(45-23-19-41(20-24-45)37(3)4)64-57(63-55)46-33-47(58-60-51-13-9-11-15-53(51)65(58)49-29-25-42(26-30-49)38(5)6)35-48(34-46)59-61-52-14-10-12-16-54(52)66(59)50-31-27-43(28-32-50)39(7)8/h9-39H,1-8H3. The summed E-state index contributed by atoms with van der Waals surface area (Å²) in [4.78, 5) is 26.6. The normalized spacial score (nSPS) is 11.9. The second-order valence-corrected chi connectivity index (χ2v) is 18.7. The van der Waals surface area contributed by atoms with Gasteiger partial charge in [-0.05, 0) is 113 Å². The molecule has 0 radical (unpaired) electrons. The van der Waals surface area contributed by atoms with E-state index in [1.54, 1.807) is 0 Å². The Bertz CT molecular complexity index is 3120. The van der Waals surface area contributed by atoms with Crippen LogP contribution >= 0.6 is 0 Å². The Hall–Kier alpha value is -7.51. The van der Waals surface area contributed by atoms with Gasteiger partial charge in [-0.2, -0.15) is 0 Å². The summed E-state index contributed by atoms with van der Waals surface area (Å²) in [5.74, 6) is 5.03. The number of para-hydroxylation sites is 4. The van der Waals surface area contributed by atoms with Crippen LogP contribution in [0.15, 0.2) is 164 Å². The highest BCUT2D eigenvalue weighted by atomic mass is 15.1. The fourth-order valence-electron chi connectivity index (χ4n) is 8.79. The Kier molecular flexibility index (Phi) is 11.2. The van der Waals surface area contributed by atoms with E-state index < -0.39 is 0 Å². The SMILES string of the molecule is CC(C)c1ccc(-c2nc(-c3ccc(C(C)C)cc3)nc(-c3cc(-c4nc5ccccc5n4-c4ccc(C(C)C)cc4)cc(-c4nc5ccccc5n4-c4ccc(C(C)C)cc4)c3)n2)cc1. The highest BCUT2D eigenvalue weighted by Gasteiger charge is 2.22. The van der Waals surface area contributed by atoms with Crippen LogP contribution in [0.2, 0.25) is 0 Å². The number of aromatic nitrogens is 7. The first-order valence-corrected chi connectivity index (χ1v) is 23.3. The molecule has 3 heterocycles. The molecule has 326 valence electrons. The lowest BCUT2D eigenvalue weighted by molar-refractivity contribution is 0.865. The zero-order valence-electron chi connectivity index (χ0n) is 39.0. The van der Waals surface area contributed by atoms with Gasteiger partial charge in [0.15, 0.2) is 17.5 Å². The minimum Gasteiger partial charge on any atom is -0.292 e. The molecule has 0 saturated heterocycles. The Balaban J connectivity index is 1.25. The number of imidazole rings is 2. The zero-order chi connectivity index (χ0) is 45.6. The largest absolute Gasteiger partial charge is 0.292 e. The molecule has 0 saturated carbocycles. The summed E-state index contributed by atoms with van der Waals surface area (Å²) in [5.41, 5.74) is 15.5. The molecular weight excluding hydrogens is 807 g/mol. The van der Waals surface area contributed by atoms with Crippen molar-refractivity contribution in [2.75, 3.05) is 0 Å². The van der Waals surface area contributed by atoms with Crippen molar-refractivity contribution < 1.29 is 0 Å². The molecule has 0 atom stereocenters. The van der Waals surface area contributed by atoms with E-state index in [0.717, 1.165) is 72.9 Å². The Morgan fingerprint density at radius 2 is 0.606 bits per heavy atom. The van der Waals surface area contributed by atoms with Crippen LogP contribution in [0.25, 0.3) is 90.4 Å². The molecule has 0 unspecified atom stereocenters. The molecule has 3 aromatic heterocycles. The lowest BCUT2D eigenvalue weighted by atomic mass is 10.0. The van der Waals surface area contributed by atoms with Crippen molar-refractivity contribution in [3.05, 3.63) is 186 Å². The van der Waals surface area contributed by atoms with Crippen molar-refractivity contribution >= 4 is 22.1 Å². The highest BCUT2D eigenvalue weighted by molar-refractivity contribution is 5.88. The molecule has 0 aliphatic heterocycles. The first kappa shape index (κ1) is 42.4. The van der Waals surface area contributed by atoms with Crippen molar-refractivity contribution in [2.24, 2.45) is 0 Å². The Morgan fingerprint density at radius 1 is 0.303 bits per heavy atom. The van der Waals surface area contributed by atoms with Gasteiger partial charge in [0.2, 0.25) is 0 Å². The third kappa shape index (κ3) is 8.11. The van der Waals surface area contributed by atoms with Gasteiger partial charge >= 0.3 is 0 Å². The monoisotopic (exact) mass is 861 g/mol. The number of rotatable bonds is 11.